The van der Waals surface area contributed by atoms with Crippen LogP contribution >= 0.6 is 0 Å². The van der Waals surface area contributed by atoms with E-state index in [0.29, 0.717) is 12.2 Å². The summed E-state index contributed by atoms with van der Waals surface area (Å²) in [5.41, 5.74) is 0. The van der Waals surface area contributed by atoms with Crippen molar-refractivity contribution >= 4 is 5.97 Å². The van der Waals surface area contributed by atoms with E-state index in [0.717, 1.165) is 12.8 Å². The second-order valence-electron chi connectivity index (χ2n) is 6.07. The van der Waals surface area contributed by atoms with Crippen molar-refractivity contribution in [2.45, 2.75) is 84.0 Å². The van der Waals surface area contributed by atoms with Gasteiger partial charge in [-0.15, -0.1) is 0 Å². The smallest absolute Gasteiger partial charge is 1.00 e. The van der Waals surface area contributed by atoms with E-state index in [4.69, 9.17) is 4.74 Å². The van der Waals surface area contributed by atoms with Crippen LogP contribution in [0.15, 0.2) is 30.3 Å². The predicted octanol–water partition coefficient (Wildman–Crippen LogP) is 3.41. The third-order valence-electron chi connectivity index (χ3n) is 3.96. The van der Waals surface area contributed by atoms with Gasteiger partial charge >= 0.3 is 35.5 Å². The van der Waals surface area contributed by atoms with Gasteiger partial charge in [0.1, 0.15) is 5.75 Å². The molecule has 126 valence electrons. The molecule has 3 heteroatoms. The van der Waals surface area contributed by atoms with Crippen LogP contribution in [0.1, 0.15) is 85.4 Å². The van der Waals surface area contributed by atoms with E-state index in [-0.39, 0.29) is 37.0 Å². The van der Waals surface area contributed by atoms with E-state index in [2.05, 4.69) is 6.92 Å². The largest absolute Gasteiger partial charge is 1.00 e. The molecular formula is C20H33NaO2. The molecule has 1 aromatic carbocycles. The van der Waals surface area contributed by atoms with Crippen LogP contribution < -0.4 is 34.3 Å². The molecule has 23 heavy (non-hydrogen) atoms. The third kappa shape index (κ3) is 13.8. The van der Waals surface area contributed by atoms with E-state index < -0.39 is 0 Å². The number of carbonyl (C=O) groups excluding carboxylic acids is 1. The average Bonchev–Trinajstić information content (AvgIpc) is 2.53. The van der Waals surface area contributed by atoms with Crippen molar-refractivity contribution in [3.63, 3.8) is 0 Å². The molecule has 0 radical (unpaired) electrons. The van der Waals surface area contributed by atoms with Crippen LogP contribution in [-0.4, -0.2) is 5.97 Å². The standard InChI is InChI=1S/C20H32O2.Na.H/c1-2-3-4-5-6-7-8-9-10-11-15-18-20(21)22-19-16-13-12-14-17-19;;/h12-14,16-17H,2-11,15,18H2,1H3;;/q;+1;-1. The van der Waals surface area contributed by atoms with E-state index in [1.165, 1.54) is 57.8 Å². The fourth-order valence-electron chi connectivity index (χ4n) is 2.60. The number of para-hydroxylation sites is 1. The number of hydrogen-bond donors (Lipinski definition) is 0. The Kier molecular flexibility index (Phi) is 16.3. The van der Waals surface area contributed by atoms with E-state index in [1.807, 2.05) is 30.3 Å². The number of esters is 1. The first-order valence-electron chi connectivity index (χ1n) is 9.08. The van der Waals surface area contributed by atoms with Crippen LogP contribution in [0.25, 0.3) is 0 Å². The van der Waals surface area contributed by atoms with E-state index in [1.54, 1.807) is 0 Å². The minimum absolute atomic E-state index is 0. The Bertz CT molecular complexity index is 384. The van der Waals surface area contributed by atoms with Gasteiger partial charge in [-0.3, -0.25) is 4.79 Å². The first kappa shape index (κ1) is 22.7. The number of benzene rings is 1. The summed E-state index contributed by atoms with van der Waals surface area (Å²) in [5.74, 6) is 0.540. The molecule has 0 bridgehead atoms. The zero-order chi connectivity index (χ0) is 15.9. The molecule has 0 aliphatic heterocycles. The Labute approximate surface area is 166 Å². The summed E-state index contributed by atoms with van der Waals surface area (Å²) >= 11 is 0. The van der Waals surface area contributed by atoms with Crippen molar-refractivity contribution in [3.8, 4) is 5.75 Å². The van der Waals surface area contributed by atoms with Crippen molar-refractivity contribution < 1.29 is 40.5 Å². The monoisotopic (exact) mass is 328 g/mol. The molecule has 0 aliphatic rings. The molecule has 0 spiro atoms. The Morgan fingerprint density at radius 3 is 1.83 bits per heavy atom. The molecule has 0 atom stereocenters. The van der Waals surface area contributed by atoms with Gasteiger partial charge in [0, 0.05) is 6.42 Å². The zero-order valence-electron chi connectivity index (χ0n) is 16.2. The van der Waals surface area contributed by atoms with Crippen molar-refractivity contribution in [1.82, 2.24) is 0 Å². The zero-order valence-corrected chi connectivity index (χ0v) is 17.2. The molecule has 0 N–H and O–H groups in total. The van der Waals surface area contributed by atoms with E-state index >= 15 is 0 Å². The maximum absolute atomic E-state index is 11.7. The van der Waals surface area contributed by atoms with Gasteiger partial charge in [-0.05, 0) is 18.6 Å². The van der Waals surface area contributed by atoms with E-state index in [9.17, 15) is 4.79 Å². The number of ether oxygens (including phenoxy) is 1. The Balaban J connectivity index is 0. The van der Waals surface area contributed by atoms with Crippen molar-refractivity contribution in [2.24, 2.45) is 0 Å². The van der Waals surface area contributed by atoms with Crippen LogP contribution in [0.3, 0.4) is 0 Å². The number of rotatable bonds is 13. The van der Waals surface area contributed by atoms with Crippen LogP contribution in [-0.2, 0) is 4.79 Å². The molecule has 0 saturated heterocycles. The maximum Gasteiger partial charge on any atom is 1.00 e. The summed E-state index contributed by atoms with van der Waals surface area (Å²) in [7, 11) is 0. The normalized spacial score (nSPS) is 10.1. The molecule has 0 fully saturated rings. The Morgan fingerprint density at radius 1 is 0.826 bits per heavy atom. The summed E-state index contributed by atoms with van der Waals surface area (Å²) in [4.78, 5) is 11.7. The fourth-order valence-corrected chi connectivity index (χ4v) is 2.60. The molecule has 1 aromatic rings. The van der Waals surface area contributed by atoms with Gasteiger partial charge in [-0.25, -0.2) is 0 Å². The third-order valence-corrected chi connectivity index (χ3v) is 3.96. The fraction of sp³-hybridized carbons (Fsp3) is 0.650. The molecule has 0 aromatic heterocycles. The minimum Gasteiger partial charge on any atom is -1.00 e. The van der Waals surface area contributed by atoms with Gasteiger partial charge in [-0.2, -0.15) is 0 Å². The first-order valence-corrected chi connectivity index (χ1v) is 9.08. The van der Waals surface area contributed by atoms with Gasteiger partial charge in [0.15, 0.2) is 0 Å². The SMILES string of the molecule is CCCCCCCCCCCCCC(=O)Oc1ccccc1.[H-].[Na+]. The van der Waals surface area contributed by atoms with Crippen molar-refractivity contribution in [3.05, 3.63) is 30.3 Å². The van der Waals surface area contributed by atoms with Crippen LogP contribution in [0.2, 0.25) is 0 Å². The Hall–Kier alpha value is -0.310. The van der Waals surface area contributed by atoms with Gasteiger partial charge in [0.2, 0.25) is 0 Å². The number of hydrogen-bond acceptors (Lipinski definition) is 2. The van der Waals surface area contributed by atoms with Crippen molar-refractivity contribution in [2.75, 3.05) is 0 Å². The van der Waals surface area contributed by atoms with Crippen LogP contribution in [0, 0.1) is 0 Å². The molecule has 0 aliphatic carbocycles. The molecule has 0 saturated carbocycles. The quantitative estimate of drug-likeness (QED) is 0.240. The summed E-state index contributed by atoms with van der Waals surface area (Å²) in [6.07, 6.45) is 14.8. The van der Waals surface area contributed by atoms with Gasteiger partial charge in [0.05, 0.1) is 0 Å². The first-order chi connectivity index (χ1) is 10.8. The topological polar surface area (TPSA) is 26.3 Å². The Morgan fingerprint density at radius 2 is 1.30 bits per heavy atom. The minimum atomic E-state index is -0.109. The molecule has 0 heterocycles. The maximum atomic E-state index is 11.7. The summed E-state index contributed by atoms with van der Waals surface area (Å²) in [6, 6.07) is 9.31. The molecule has 1 rings (SSSR count). The van der Waals surface area contributed by atoms with Crippen LogP contribution in [0.4, 0.5) is 0 Å². The molecular weight excluding hydrogens is 295 g/mol. The van der Waals surface area contributed by atoms with Gasteiger partial charge in [-0.1, -0.05) is 89.3 Å². The second-order valence-corrected chi connectivity index (χ2v) is 6.07. The second kappa shape index (κ2) is 16.5. The molecule has 0 unspecified atom stereocenters. The van der Waals surface area contributed by atoms with Crippen LogP contribution in [0.5, 0.6) is 5.75 Å². The van der Waals surface area contributed by atoms with Gasteiger partial charge < -0.3 is 6.16 Å². The number of unbranched alkanes of at least 4 members (excludes halogenated alkanes) is 10. The summed E-state index contributed by atoms with van der Waals surface area (Å²) < 4.78 is 5.27. The predicted molar refractivity (Wildman–Crippen MR) is 94.3 cm³/mol. The number of carbonyl (C=O) groups is 1. The molecule has 0 amide bonds. The summed E-state index contributed by atoms with van der Waals surface area (Å²) in [6.45, 7) is 2.26. The van der Waals surface area contributed by atoms with Gasteiger partial charge in [0.25, 0.3) is 0 Å². The van der Waals surface area contributed by atoms with Crippen molar-refractivity contribution in [1.29, 1.82) is 0 Å². The summed E-state index contributed by atoms with van der Waals surface area (Å²) in [5, 5.41) is 0. The molecule has 2 nitrogen and oxygen atoms in total. The average molecular weight is 328 g/mol.